The van der Waals surface area contributed by atoms with E-state index in [4.69, 9.17) is 4.74 Å². The largest absolute Gasteiger partial charge is 0.461 e. The van der Waals surface area contributed by atoms with E-state index in [1.165, 1.54) is 0 Å². The second kappa shape index (κ2) is 16.0. The molecular formula is C24H50N2O5. The molecule has 0 radical (unpaired) electrons. The molecule has 0 aliphatic carbocycles. The zero-order valence-corrected chi connectivity index (χ0v) is 21.1. The summed E-state index contributed by atoms with van der Waals surface area (Å²) < 4.78 is 5.59. The smallest absolute Gasteiger partial charge is 0.306 e. The molecule has 0 aliphatic heterocycles. The minimum atomic E-state index is -0.493. The molecule has 0 aromatic carbocycles. The molecule has 0 aromatic heterocycles. The van der Waals surface area contributed by atoms with Gasteiger partial charge in [0.1, 0.15) is 6.10 Å². The summed E-state index contributed by atoms with van der Waals surface area (Å²) in [6, 6.07) is 0. The quantitative estimate of drug-likeness (QED) is 0.234. The molecule has 0 spiro atoms. The molecule has 7 heteroatoms. The van der Waals surface area contributed by atoms with E-state index in [0.717, 1.165) is 25.7 Å². The first-order valence-electron chi connectivity index (χ1n) is 12.0. The summed E-state index contributed by atoms with van der Waals surface area (Å²) in [7, 11) is 0. The molecule has 7 nitrogen and oxygen atoms in total. The topological polar surface area (TPSA) is 93.5 Å². The molecule has 0 heterocycles. The van der Waals surface area contributed by atoms with E-state index < -0.39 is 18.3 Å². The average molecular weight is 447 g/mol. The molecule has 31 heavy (non-hydrogen) atoms. The van der Waals surface area contributed by atoms with Crippen LogP contribution in [0.5, 0.6) is 0 Å². The number of nitrogens with zero attached hydrogens (tertiary/aromatic N) is 2. The fourth-order valence-corrected chi connectivity index (χ4v) is 3.70. The Bertz CT molecular complexity index is 453. The minimum absolute atomic E-state index is 0.162. The third-order valence-corrected chi connectivity index (χ3v) is 4.96. The van der Waals surface area contributed by atoms with Gasteiger partial charge < -0.3 is 20.1 Å². The fourth-order valence-electron chi connectivity index (χ4n) is 3.70. The van der Waals surface area contributed by atoms with Gasteiger partial charge in [-0.05, 0) is 46.0 Å². The van der Waals surface area contributed by atoms with Crippen molar-refractivity contribution in [2.75, 3.05) is 39.3 Å². The molecule has 0 bridgehead atoms. The molecule has 0 saturated heterocycles. The van der Waals surface area contributed by atoms with Gasteiger partial charge in [-0.2, -0.15) is 0 Å². The number of carbonyl (C=O) groups is 1. The number of ether oxygens (including phenoxy) is 1. The van der Waals surface area contributed by atoms with Crippen molar-refractivity contribution in [2.45, 2.75) is 105 Å². The van der Waals surface area contributed by atoms with Gasteiger partial charge in [0.05, 0.1) is 18.3 Å². The lowest BCUT2D eigenvalue weighted by Crippen LogP contribution is -2.45. The third kappa shape index (κ3) is 19.7. The van der Waals surface area contributed by atoms with Crippen LogP contribution in [0.3, 0.4) is 0 Å². The monoisotopic (exact) mass is 446 g/mol. The van der Waals surface area contributed by atoms with Crippen LogP contribution in [-0.2, 0) is 9.53 Å². The van der Waals surface area contributed by atoms with Crippen molar-refractivity contribution in [3.63, 3.8) is 0 Å². The Morgan fingerprint density at radius 1 is 0.774 bits per heavy atom. The average Bonchev–Trinajstić information content (AvgIpc) is 2.56. The van der Waals surface area contributed by atoms with E-state index in [-0.39, 0.29) is 12.1 Å². The van der Waals surface area contributed by atoms with Crippen molar-refractivity contribution in [2.24, 2.45) is 5.41 Å². The summed E-state index contributed by atoms with van der Waals surface area (Å²) in [5.41, 5.74) is 0.336. The summed E-state index contributed by atoms with van der Waals surface area (Å²) in [4.78, 5) is 16.3. The van der Waals surface area contributed by atoms with Gasteiger partial charge in [0, 0.05) is 45.7 Å². The summed E-state index contributed by atoms with van der Waals surface area (Å²) in [6.45, 7) is 17.1. The third-order valence-electron chi connectivity index (χ3n) is 4.96. The predicted molar refractivity (Wildman–Crippen MR) is 126 cm³/mol. The van der Waals surface area contributed by atoms with Gasteiger partial charge in [-0.3, -0.25) is 14.6 Å². The number of esters is 1. The summed E-state index contributed by atoms with van der Waals surface area (Å²) in [5.74, 6) is -0.162. The minimum Gasteiger partial charge on any atom is -0.461 e. The second-order valence-electron chi connectivity index (χ2n) is 10.5. The Hall–Kier alpha value is -0.730. The number of carbonyl (C=O) groups excluding carboxylic acids is 1. The lowest BCUT2D eigenvalue weighted by molar-refractivity contribution is -0.149. The Morgan fingerprint density at radius 3 is 1.65 bits per heavy atom. The molecule has 0 amide bonds. The Morgan fingerprint density at radius 2 is 1.23 bits per heavy atom. The normalized spacial score (nSPS) is 16.4. The van der Waals surface area contributed by atoms with Crippen molar-refractivity contribution in [1.82, 2.24) is 9.80 Å². The summed E-state index contributed by atoms with van der Waals surface area (Å²) in [6.07, 6.45) is 2.92. The van der Waals surface area contributed by atoms with Crippen LogP contribution < -0.4 is 0 Å². The number of hydrogen-bond donors (Lipinski definition) is 3. The van der Waals surface area contributed by atoms with Gasteiger partial charge in [-0.1, -0.05) is 33.6 Å². The lowest BCUT2D eigenvalue weighted by Gasteiger charge is -2.31. The van der Waals surface area contributed by atoms with E-state index in [0.29, 0.717) is 51.1 Å². The van der Waals surface area contributed by atoms with Crippen molar-refractivity contribution in [3.05, 3.63) is 0 Å². The molecule has 4 unspecified atom stereocenters. The molecule has 4 atom stereocenters. The lowest BCUT2D eigenvalue weighted by atomic mass is 9.89. The molecule has 0 aromatic rings. The number of aliphatic hydroxyl groups is 3. The highest BCUT2D eigenvalue weighted by atomic mass is 16.5. The van der Waals surface area contributed by atoms with Crippen LogP contribution in [0.4, 0.5) is 0 Å². The zero-order valence-electron chi connectivity index (χ0n) is 21.1. The van der Waals surface area contributed by atoms with E-state index in [9.17, 15) is 20.1 Å². The van der Waals surface area contributed by atoms with Crippen molar-refractivity contribution >= 4 is 5.97 Å². The maximum atomic E-state index is 12.2. The Kier molecular flexibility index (Phi) is 15.6. The van der Waals surface area contributed by atoms with Crippen LogP contribution in [-0.4, -0.2) is 94.8 Å². The van der Waals surface area contributed by atoms with E-state index >= 15 is 0 Å². The van der Waals surface area contributed by atoms with Crippen molar-refractivity contribution < 1.29 is 24.9 Å². The van der Waals surface area contributed by atoms with Crippen molar-refractivity contribution in [3.8, 4) is 0 Å². The standard InChI is InChI=1S/C24H50N2O5/c1-19(27)15-25(16-20(2)28)13-14-26(17-21(3)29)18-22(4)31-23(30)11-9-8-10-12-24(5,6)7/h19-22,27-29H,8-18H2,1-7H3. The van der Waals surface area contributed by atoms with Gasteiger partial charge >= 0.3 is 5.97 Å². The summed E-state index contributed by atoms with van der Waals surface area (Å²) >= 11 is 0. The van der Waals surface area contributed by atoms with E-state index in [1.807, 2.05) is 11.8 Å². The Balaban J connectivity index is 4.46. The van der Waals surface area contributed by atoms with Crippen LogP contribution in [0.25, 0.3) is 0 Å². The van der Waals surface area contributed by atoms with Crippen molar-refractivity contribution in [1.29, 1.82) is 0 Å². The van der Waals surface area contributed by atoms with Crippen LogP contribution in [0.2, 0.25) is 0 Å². The Labute approximate surface area is 190 Å². The highest BCUT2D eigenvalue weighted by Gasteiger charge is 2.18. The fraction of sp³-hybridized carbons (Fsp3) is 0.958. The van der Waals surface area contributed by atoms with Crippen LogP contribution in [0.1, 0.15) is 80.6 Å². The highest BCUT2D eigenvalue weighted by Crippen LogP contribution is 2.22. The maximum Gasteiger partial charge on any atom is 0.306 e. The van der Waals surface area contributed by atoms with Gasteiger partial charge in [-0.25, -0.2) is 0 Å². The molecular weight excluding hydrogens is 396 g/mol. The van der Waals surface area contributed by atoms with Crippen LogP contribution >= 0.6 is 0 Å². The molecule has 0 saturated carbocycles. The SMILES string of the molecule is CC(O)CN(CCN(CC(C)O)CC(C)OC(=O)CCCCCC(C)(C)C)CC(C)O. The number of unbranched alkanes of at least 4 members (excludes halogenated alkanes) is 2. The maximum absolute atomic E-state index is 12.2. The van der Waals surface area contributed by atoms with E-state index in [1.54, 1.807) is 20.8 Å². The second-order valence-corrected chi connectivity index (χ2v) is 10.5. The first-order chi connectivity index (χ1) is 14.3. The number of aliphatic hydroxyl groups excluding tert-OH is 3. The molecule has 0 fully saturated rings. The summed E-state index contributed by atoms with van der Waals surface area (Å²) in [5, 5.41) is 29.3. The number of hydrogen-bond acceptors (Lipinski definition) is 7. The highest BCUT2D eigenvalue weighted by molar-refractivity contribution is 5.69. The predicted octanol–water partition coefficient (Wildman–Crippen LogP) is 2.66. The van der Waals surface area contributed by atoms with E-state index in [2.05, 4.69) is 25.7 Å². The van der Waals surface area contributed by atoms with Gasteiger partial charge in [0.2, 0.25) is 0 Å². The molecule has 186 valence electrons. The molecule has 0 rings (SSSR count). The molecule has 0 aliphatic rings. The first kappa shape index (κ1) is 30.3. The van der Waals surface area contributed by atoms with Gasteiger partial charge in [-0.15, -0.1) is 0 Å². The zero-order chi connectivity index (χ0) is 24.0. The van der Waals surface area contributed by atoms with Crippen LogP contribution in [0, 0.1) is 5.41 Å². The van der Waals surface area contributed by atoms with Gasteiger partial charge in [0.15, 0.2) is 0 Å². The molecule has 3 N–H and O–H groups in total. The van der Waals surface area contributed by atoms with Crippen LogP contribution in [0.15, 0.2) is 0 Å². The first-order valence-corrected chi connectivity index (χ1v) is 12.0. The number of rotatable bonds is 17. The van der Waals surface area contributed by atoms with Gasteiger partial charge in [0.25, 0.3) is 0 Å².